The molecule has 0 amide bonds. The van der Waals surface area contributed by atoms with Gasteiger partial charge in [0.2, 0.25) is 0 Å². The predicted molar refractivity (Wildman–Crippen MR) is 144 cm³/mol. The molecule has 40 heavy (non-hydrogen) atoms. The molecule has 0 N–H and O–H groups in total. The third-order valence-electron chi connectivity index (χ3n) is 5.03. The van der Waals surface area contributed by atoms with Gasteiger partial charge in [-0.3, -0.25) is 0 Å². The lowest BCUT2D eigenvalue weighted by atomic mass is 10.2. The highest BCUT2D eigenvalue weighted by atomic mass is 16.8. The van der Waals surface area contributed by atoms with E-state index in [1.807, 2.05) is 12.1 Å². The Labute approximate surface area is 235 Å². The first-order chi connectivity index (χ1) is 19.8. The first kappa shape index (κ1) is 33.1. The van der Waals surface area contributed by atoms with Gasteiger partial charge >= 0.3 is 12.1 Å². The predicted octanol–water partition coefficient (Wildman–Crippen LogP) is 4.24. The molecule has 0 radical (unpaired) electrons. The number of rotatable bonds is 24. The maximum absolute atomic E-state index is 11.8. The molecular formula is C29H40O11. The average molecular weight is 565 g/mol. The van der Waals surface area contributed by atoms with E-state index in [-0.39, 0.29) is 26.2 Å². The molecule has 2 aromatic carbocycles. The van der Waals surface area contributed by atoms with Gasteiger partial charge in [-0.1, -0.05) is 36.4 Å². The van der Waals surface area contributed by atoms with E-state index in [4.69, 9.17) is 42.6 Å². The fourth-order valence-electron chi connectivity index (χ4n) is 3.04. The molecule has 0 aliphatic carbocycles. The molecule has 222 valence electrons. The topological polar surface area (TPSA) is 117 Å². The van der Waals surface area contributed by atoms with Crippen LogP contribution >= 0.6 is 0 Å². The van der Waals surface area contributed by atoms with Gasteiger partial charge in [-0.2, -0.15) is 0 Å². The largest absolute Gasteiger partial charge is 0.515 e. The highest BCUT2D eigenvalue weighted by Crippen LogP contribution is 2.09. The Morgan fingerprint density at radius 1 is 0.475 bits per heavy atom. The van der Waals surface area contributed by atoms with Crippen molar-refractivity contribution in [2.24, 2.45) is 0 Å². The lowest BCUT2D eigenvalue weighted by Crippen LogP contribution is -2.15. The summed E-state index contributed by atoms with van der Waals surface area (Å²) in [5, 5.41) is 0. The molecule has 2 rings (SSSR count). The molecule has 0 heterocycles. The molecule has 0 aliphatic heterocycles. The summed E-state index contributed by atoms with van der Waals surface area (Å²) in [4.78, 5) is 23.2. The Morgan fingerprint density at radius 2 is 0.975 bits per heavy atom. The first-order valence-corrected chi connectivity index (χ1v) is 13.3. The van der Waals surface area contributed by atoms with Crippen LogP contribution in [-0.2, 0) is 37.9 Å². The number of esters is 1. The minimum absolute atomic E-state index is 0.197. The molecule has 0 aromatic heterocycles. The standard InChI is InChI=1S/C29H40O11/c30-28(26-10-4-1-5-11-26)38-23-22-34-18-20-36-24-35-15-9-3-8-14-32-16-17-33-19-21-37-25-39-29(31)40-27-12-6-2-7-13-27/h1-2,4-7,10-13H,3,8-9,14-25H2. The van der Waals surface area contributed by atoms with Gasteiger partial charge in [0.05, 0.1) is 51.8 Å². The van der Waals surface area contributed by atoms with E-state index in [1.165, 1.54) is 0 Å². The molecule has 0 bridgehead atoms. The third-order valence-corrected chi connectivity index (χ3v) is 5.03. The third kappa shape index (κ3) is 18.3. The summed E-state index contributed by atoms with van der Waals surface area (Å²) >= 11 is 0. The van der Waals surface area contributed by atoms with Crippen LogP contribution in [0.1, 0.15) is 29.6 Å². The van der Waals surface area contributed by atoms with Crippen LogP contribution in [0.15, 0.2) is 60.7 Å². The van der Waals surface area contributed by atoms with E-state index < -0.39 is 6.16 Å². The van der Waals surface area contributed by atoms with Crippen LogP contribution in [0.25, 0.3) is 0 Å². The Hall–Kier alpha value is -3.06. The van der Waals surface area contributed by atoms with Crippen molar-refractivity contribution in [3.8, 4) is 5.75 Å². The van der Waals surface area contributed by atoms with Gasteiger partial charge in [-0.15, -0.1) is 0 Å². The molecule has 0 saturated heterocycles. The molecule has 2 aromatic rings. The number of hydrogen-bond acceptors (Lipinski definition) is 11. The fraction of sp³-hybridized carbons (Fsp3) is 0.517. The molecular weight excluding hydrogens is 524 g/mol. The van der Waals surface area contributed by atoms with Crippen molar-refractivity contribution in [1.82, 2.24) is 0 Å². The second-order valence-electron chi connectivity index (χ2n) is 8.17. The molecule has 0 saturated carbocycles. The van der Waals surface area contributed by atoms with Gasteiger partial charge in [0, 0.05) is 13.2 Å². The summed E-state index contributed by atoms with van der Waals surface area (Å²) in [7, 11) is 0. The zero-order chi connectivity index (χ0) is 28.4. The zero-order valence-electron chi connectivity index (χ0n) is 22.9. The molecule has 0 aliphatic rings. The lowest BCUT2D eigenvalue weighted by Gasteiger charge is -2.08. The van der Waals surface area contributed by atoms with Gasteiger partial charge in [-0.25, -0.2) is 9.59 Å². The molecule has 11 nitrogen and oxygen atoms in total. The van der Waals surface area contributed by atoms with E-state index in [1.54, 1.807) is 48.5 Å². The highest BCUT2D eigenvalue weighted by Gasteiger charge is 2.06. The fourth-order valence-corrected chi connectivity index (χ4v) is 3.04. The van der Waals surface area contributed by atoms with Crippen molar-refractivity contribution in [3.05, 3.63) is 66.2 Å². The van der Waals surface area contributed by atoms with Crippen molar-refractivity contribution >= 4 is 12.1 Å². The summed E-state index contributed by atoms with van der Waals surface area (Å²) in [5.41, 5.74) is 0.522. The zero-order valence-corrected chi connectivity index (χ0v) is 22.9. The van der Waals surface area contributed by atoms with Crippen LogP contribution in [0.3, 0.4) is 0 Å². The number of carbonyl (C=O) groups is 2. The van der Waals surface area contributed by atoms with Gasteiger partial charge in [0.25, 0.3) is 0 Å². The summed E-state index contributed by atoms with van der Waals surface area (Å²) in [5.74, 6) is 0.0488. The number of para-hydroxylation sites is 1. The number of ether oxygens (including phenoxy) is 9. The Morgan fingerprint density at radius 3 is 1.65 bits per heavy atom. The van der Waals surface area contributed by atoms with E-state index in [2.05, 4.69) is 0 Å². The van der Waals surface area contributed by atoms with Crippen LogP contribution in [0.4, 0.5) is 4.79 Å². The van der Waals surface area contributed by atoms with Crippen LogP contribution in [0, 0.1) is 0 Å². The van der Waals surface area contributed by atoms with Crippen molar-refractivity contribution in [2.45, 2.75) is 19.3 Å². The van der Waals surface area contributed by atoms with Gasteiger partial charge in [0.15, 0.2) is 6.79 Å². The maximum atomic E-state index is 11.8. The first-order valence-electron chi connectivity index (χ1n) is 13.3. The molecule has 0 atom stereocenters. The highest BCUT2D eigenvalue weighted by molar-refractivity contribution is 5.89. The van der Waals surface area contributed by atoms with E-state index in [0.29, 0.717) is 70.8 Å². The average Bonchev–Trinajstić information content (AvgIpc) is 2.98. The monoisotopic (exact) mass is 564 g/mol. The minimum Gasteiger partial charge on any atom is -0.460 e. The van der Waals surface area contributed by atoms with Gasteiger partial charge in [0.1, 0.15) is 19.1 Å². The maximum Gasteiger partial charge on any atom is 0.515 e. The SMILES string of the molecule is O=C(OCOCCOCCOCCCCCOCOCCOCCOC(=O)c1ccccc1)Oc1ccccc1. The Kier molecular flexibility index (Phi) is 19.7. The van der Waals surface area contributed by atoms with Crippen LogP contribution in [-0.4, -0.2) is 91.8 Å². The Bertz CT molecular complexity index is 880. The second-order valence-corrected chi connectivity index (χ2v) is 8.17. The van der Waals surface area contributed by atoms with Gasteiger partial charge < -0.3 is 42.6 Å². The van der Waals surface area contributed by atoms with Crippen LogP contribution in [0.2, 0.25) is 0 Å². The number of hydrogen-bond donors (Lipinski definition) is 0. The molecule has 0 fully saturated rings. The summed E-state index contributed by atoms with van der Waals surface area (Å²) in [6.07, 6.45) is 2.03. The Balaban J connectivity index is 1.21. The normalized spacial score (nSPS) is 10.8. The van der Waals surface area contributed by atoms with Crippen molar-refractivity contribution in [3.63, 3.8) is 0 Å². The van der Waals surface area contributed by atoms with E-state index >= 15 is 0 Å². The number of benzene rings is 2. The van der Waals surface area contributed by atoms with Gasteiger partial charge in [-0.05, 0) is 43.5 Å². The minimum atomic E-state index is -0.820. The number of unbranched alkanes of at least 4 members (excludes halogenated alkanes) is 2. The molecule has 0 spiro atoms. The summed E-state index contributed by atoms with van der Waals surface area (Å²) < 4.78 is 47.1. The molecule has 11 heteroatoms. The summed E-state index contributed by atoms with van der Waals surface area (Å²) in [6, 6.07) is 17.5. The van der Waals surface area contributed by atoms with Crippen LogP contribution in [0.5, 0.6) is 5.75 Å². The smallest absolute Gasteiger partial charge is 0.460 e. The van der Waals surface area contributed by atoms with E-state index in [9.17, 15) is 9.59 Å². The molecule has 0 unspecified atom stereocenters. The van der Waals surface area contributed by atoms with E-state index in [0.717, 1.165) is 19.3 Å². The van der Waals surface area contributed by atoms with Crippen molar-refractivity contribution in [1.29, 1.82) is 0 Å². The van der Waals surface area contributed by atoms with Crippen molar-refractivity contribution in [2.75, 3.05) is 79.7 Å². The quantitative estimate of drug-likeness (QED) is 0.0788. The lowest BCUT2D eigenvalue weighted by molar-refractivity contribution is -0.0721. The van der Waals surface area contributed by atoms with Crippen LogP contribution < -0.4 is 4.74 Å². The second kappa shape index (κ2) is 23.8. The van der Waals surface area contributed by atoms with Crippen molar-refractivity contribution < 1.29 is 52.2 Å². The number of carbonyl (C=O) groups excluding carboxylic acids is 2. The summed E-state index contributed by atoms with van der Waals surface area (Å²) in [6.45, 7) is 4.24.